The second kappa shape index (κ2) is 5.19. The Hall–Kier alpha value is -1.58. The van der Waals surface area contributed by atoms with E-state index in [1.807, 2.05) is 19.3 Å². The standard InChI is InChI=1S/C15H22N2O2/c1-15(2)7-6-14(19)17(10-8-15)11-13(18)12-5-4-9-16(12)3/h4-5,9H,6-8,10-11H2,1-3H3. The van der Waals surface area contributed by atoms with Crippen LogP contribution >= 0.6 is 0 Å². The Morgan fingerprint density at radius 2 is 2.11 bits per heavy atom. The van der Waals surface area contributed by atoms with Crippen molar-refractivity contribution in [3.8, 4) is 0 Å². The van der Waals surface area contributed by atoms with Gasteiger partial charge < -0.3 is 9.47 Å². The molecule has 0 atom stereocenters. The highest BCUT2D eigenvalue weighted by molar-refractivity contribution is 5.98. The van der Waals surface area contributed by atoms with E-state index in [0.717, 1.165) is 12.8 Å². The van der Waals surface area contributed by atoms with Crippen LogP contribution in [0.1, 0.15) is 43.6 Å². The van der Waals surface area contributed by atoms with Crippen molar-refractivity contribution in [2.75, 3.05) is 13.1 Å². The second-order valence-electron chi connectivity index (χ2n) is 6.16. The topological polar surface area (TPSA) is 42.3 Å². The van der Waals surface area contributed by atoms with Gasteiger partial charge in [0.1, 0.15) is 0 Å². The van der Waals surface area contributed by atoms with Gasteiger partial charge >= 0.3 is 0 Å². The second-order valence-corrected chi connectivity index (χ2v) is 6.16. The molecule has 0 unspecified atom stereocenters. The minimum Gasteiger partial charge on any atom is -0.348 e. The normalized spacial score (nSPS) is 19.3. The van der Waals surface area contributed by atoms with Crippen molar-refractivity contribution < 1.29 is 9.59 Å². The van der Waals surface area contributed by atoms with Gasteiger partial charge in [-0.25, -0.2) is 0 Å². The lowest BCUT2D eigenvalue weighted by molar-refractivity contribution is -0.130. The number of rotatable bonds is 3. The fourth-order valence-corrected chi connectivity index (χ4v) is 2.46. The Morgan fingerprint density at radius 3 is 2.74 bits per heavy atom. The van der Waals surface area contributed by atoms with Crippen LogP contribution in [0, 0.1) is 5.41 Å². The smallest absolute Gasteiger partial charge is 0.222 e. The largest absolute Gasteiger partial charge is 0.348 e. The first kappa shape index (κ1) is 13.8. The molecule has 2 rings (SSSR count). The number of carbonyl (C=O) groups is 2. The minimum atomic E-state index is 0.0144. The van der Waals surface area contributed by atoms with Crippen LogP contribution in [0.4, 0.5) is 0 Å². The number of aryl methyl sites for hydroxylation is 1. The highest BCUT2D eigenvalue weighted by atomic mass is 16.2. The summed E-state index contributed by atoms with van der Waals surface area (Å²) in [5, 5.41) is 0. The monoisotopic (exact) mass is 262 g/mol. The summed E-state index contributed by atoms with van der Waals surface area (Å²) < 4.78 is 1.80. The molecule has 0 N–H and O–H groups in total. The molecular weight excluding hydrogens is 240 g/mol. The Balaban J connectivity index is 2.04. The maximum atomic E-state index is 12.2. The summed E-state index contributed by atoms with van der Waals surface area (Å²) in [7, 11) is 1.85. The zero-order chi connectivity index (χ0) is 14.0. The molecule has 1 fully saturated rings. The van der Waals surface area contributed by atoms with Gasteiger partial charge in [-0.15, -0.1) is 0 Å². The average Bonchev–Trinajstić information content (AvgIpc) is 2.72. The lowest BCUT2D eigenvalue weighted by Gasteiger charge is -2.23. The summed E-state index contributed by atoms with van der Waals surface area (Å²) in [6.45, 7) is 5.25. The molecule has 4 nitrogen and oxygen atoms in total. The van der Waals surface area contributed by atoms with Crippen LogP contribution in [0.25, 0.3) is 0 Å². The molecule has 0 radical (unpaired) electrons. The van der Waals surface area contributed by atoms with Gasteiger partial charge in [-0.05, 0) is 30.4 Å². The molecule has 0 aliphatic carbocycles. The van der Waals surface area contributed by atoms with Gasteiger partial charge in [-0.2, -0.15) is 0 Å². The van der Waals surface area contributed by atoms with Gasteiger partial charge in [0.25, 0.3) is 0 Å². The fourth-order valence-electron chi connectivity index (χ4n) is 2.46. The first-order valence-electron chi connectivity index (χ1n) is 6.81. The van der Waals surface area contributed by atoms with Crippen LogP contribution in [0.15, 0.2) is 18.3 Å². The van der Waals surface area contributed by atoms with Crippen LogP contribution in [-0.4, -0.2) is 34.2 Å². The molecule has 1 saturated heterocycles. The van der Waals surface area contributed by atoms with Gasteiger partial charge in [-0.1, -0.05) is 13.8 Å². The summed E-state index contributed by atoms with van der Waals surface area (Å²) >= 11 is 0. The van der Waals surface area contributed by atoms with E-state index in [2.05, 4.69) is 13.8 Å². The lowest BCUT2D eigenvalue weighted by Crippen LogP contribution is -2.35. The van der Waals surface area contributed by atoms with Crippen LogP contribution in [0.5, 0.6) is 0 Å². The number of amides is 1. The summed E-state index contributed by atoms with van der Waals surface area (Å²) in [4.78, 5) is 26.0. The van der Waals surface area contributed by atoms with E-state index in [0.29, 0.717) is 18.7 Å². The Kier molecular flexibility index (Phi) is 3.78. The van der Waals surface area contributed by atoms with E-state index in [4.69, 9.17) is 0 Å². The third-order valence-corrected chi connectivity index (χ3v) is 3.99. The fraction of sp³-hybridized carbons (Fsp3) is 0.600. The minimum absolute atomic E-state index is 0.0144. The summed E-state index contributed by atoms with van der Waals surface area (Å²) in [5.74, 6) is 0.119. The molecule has 1 aliphatic rings. The van der Waals surface area contributed by atoms with E-state index in [1.54, 1.807) is 15.5 Å². The first-order chi connectivity index (χ1) is 8.89. The number of ketones is 1. The molecule has 0 saturated carbocycles. The zero-order valence-corrected chi connectivity index (χ0v) is 12.0. The molecule has 1 aliphatic heterocycles. The molecule has 0 spiro atoms. The lowest BCUT2D eigenvalue weighted by atomic mass is 9.85. The van der Waals surface area contributed by atoms with Crippen molar-refractivity contribution in [2.24, 2.45) is 12.5 Å². The quantitative estimate of drug-likeness (QED) is 0.784. The number of Topliss-reactive ketones (excluding diaryl/α,β-unsaturated/α-hetero) is 1. The van der Waals surface area contributed by atoms with E-state index >= 15 is 0 Å². The van der Waals surface area contributed by atoms with E-state index in [9.17, 15) is 9.59 Å². The molecule has 1 aromatic rings. The predicted molar refractivity (Wildman–Crippen MR) is 74.0 cm³/mol. The van der Waals surface area contributed by atoms with Gasteiger partial charge in [0.05, 0.1) is 12.2 Å². The predicted octanol–water partition coefficient (Wildman–Crippen LogP) is 2.25. The zero-order valence-electron chi connectivity index (χ0n) is 12.0. The highest BCUT2D eigenvalue weighted by Crippen LogP contribution is 2.30. The SMILES string of the molecule is Cn1cccc1C(=O)CN1CCC(C)(C)CCC1=O. The molecule has 19 heavy (non-hydrogen) atoms. The number of carbonyl (C=O) groups excluding carboxylic acids is 2. The average molecular weight is 262 g/mol. The molecule has 4 heteroatoms. The third kappa shape index (κ3) is 3.25. The van der Waals surface area contributed by atoms with Crippen molar-refractivity contribution in [3.05, 3.63) is 24.0 Å². The highest BCUT2D eigenvalue weighted by Gasteiger charge is 2.28. The molecule has 2 heterocycles. The van der Waals surface area contributed by atoms with Crippen molar-refractivity contribution in [3.63, 3.8) is 0 Å². The van der Waals surface area contributed by atoms with Gasteiger partial charge in [-0.3, -0.25) is 9.59 Å². The van der Waals surface area contributed by atoms with Gasteiger partial charge in [0.15, 0.2) is 5.78 Å². The number of likely N-dealkylation sites (tertiary alicyclic amines) is 1. The Bertz CT molecular complexity index is 488. The molecule has 0 aromatic carbocycles. The Morgan fingerprint density at radius 1 is 1.37 bits per heavy atom. The molecule has 1 aromatic heterocycles. The summed E-state index contributed by atoms with van der Waals surface area (Å²) in [6, 6.07) is 3.65. The molecule has 1 amide bonds. The van der Waals surface area contributed by atoms with Crippen LogP contribution < -0.4 is 0 Å². The summed E-state index contributed by atoms with van der Waals surface area (Å²) in [5.41, 5.74) is 0.856. The van der Waals surface area contributed by atoms with Crippen LogP contribution in [-0.2, 0) is 11.8 Å². The van der Waals surface area contributed by atoms with Crippen molar-refractivity contribution in [1.82, 2.24) is 9.47 Å². The van der Waals surface area contributed by atoms with E-state index in [1.165, 1.54) is 0 Å². The van der Waals surface area contributed by atoms with Gasteiger partial charge in [0, 0.05) is 26.2 Å². The van der Waals surface area contributed by atoms with Crippen LogP contribution in [0.2, 0.25) is 0 Å². The van der Waals surface area contributed by atoms with Crippen molar-refractivity contribution in [1.29, 1.82) is 0 Å². The number of hydrogen-bond donors (Lipinski definition) is 0. The maximum absolute atomic E-state index is 12.2. The van der Waals surface area contributed by atoms with Crippen molar-refractivity contribution >= 4 is 11.7 Å². The first-order valence-corrected chi connectivity index (χ1v) is 6.81. The van der Waals surface area contributed by atoms with Crippen LogP contribution in [0.3, 0.4) is 0 Å². The number of aromatic nitrogens is 1. The molecular formula is C15H22N2O2. The summed E-state index contributed by atoms with van der Waals surface area (Å²) in [6.07, 6.45) is 4.26. The van der Waals surface area contributed by atoms with E-state index in [-0.39, 0.29) is 23.7 Å². The Labute approximate surface area is 114 Å². The van der Waals surface area contributed by atoms with Crippen molar-refractivity contribution in [2.45, 2.75) is 33.1 Å². The number of hydrogen-bond acceptors (Lipinski definition) is 2. The number of nitrogens with zero attached hydrogens (tertiary/aromatic N) is 2. The molecule has 0 bridgehead atoms. The maximum Gasteiger partial charge on any atom is 0.222 e. The third-order valence-electron chi connectivity index (χ3n) is 3.99. The molecule has 104 valence electrons. The van der Waals surface area contributed by atoms with Gasteiger partial charge in [0.2, 0.25) is 5.91 Å². The van der Waals surface area contributed by atoms with E-state index < -0.39 is 0 Å².